The zero-order valence-corrected chi connectivity index (χ0v) is 8.16. The summed E-state index contributed by atoms with van der Waals surface area (Å²) in [6.07, 6.45) is 4.84. The Morgan fingerprint density at radius 3 is 3.14 bits per heavy atom. The zero-order chi connectivity index (χ0) is 9.80. The lowest BCUT2D eigenvalue weighted by Gasteiger charge is -2.17. The van der Waals surface area contributed by atoms with Crippen LogP contribution in [0.15, 0.2) is 24.3 Å². The van der Waals surface area contributed by atoms with Gasteiger partial charge in [-0.25, -0.2) is 0 Å². The van der Waals surface area contributed by atoms with Crippen molar-refractivity contribution in [3.05, 3.63) is 41.0 Å². The van der Waals surface area contributed by atoms with Crippen molar-refractivity contribution in [3.63, 3.8) is 0 Å². The van der Waals surface area contributed by atoms with Gasteiger partial charge >= 0.3 is 0 Å². The van der Waals surface area contributed by atoms with Crippen molar-refractivity contribution in [2.45, 2.75) is 13.0 Å². The molecule has 2 N–H and O–H groups in total. The zero-order valence-electron chi connectivity index (χ0n) is 8.16. The molecule has 1 aromatic rings. The molecule has 2 rings (SSSR count). The second-order valence-corrected chi connectivity index (χ2v) is 3.54. The number of fused-ring (bicyclic) bond motifs is 1. The summed E-state index contributed by atoms with van der Waals surface area (Å²) < 4.78 is 0. The van der Waals surface area contributed by atoms with Crippen LogP contribution in [0.2, 0.25) is 0 Å². The van der Waals surface area contributed by atoms with Gasteiger partial charge in [-0.15, -0.1) is 0 Å². The maximum Gasteiger partial charge on any atom is 0.0615 e. The molecule has 2 heteroatoms. The van der Waals surface area contributed by atoms with Crippen molar-refractivity contribution >= 4 is 6.08 Å². The lowest BCUT2D eigenvalue weighted by Crippen LogP contribution is -2.23. The number of rotatable bonds is 2. The highest BCUT2D eigenvalue weighted by atomic mass is 16.2. The van der Waals surface area contributed by atoms with Crippen LogP contribution in [0.25, 0.3) is 6.08 Å². The van der Waals surface area contributed by atoms with Crippen LogP contribution in [0.4, 0.5) is 0 Å². The minimum atomic E-state index is 0.106. The number of nitrogens with one attached hydrogen (secondary N) is 1. The fourth-order valence-corrected chi connectivity index (χ4v) is 1.79. The number of benzene rings is 1. The van der Waals surface area contributed by atoms with Crippen LogP contribution >= 0.6 is 0 Å². The van der Waals surface area contributed by atoms with Gasteiger partial charge in [0.2, 0.25) is 0 Å². The van der Waals surface area contributed by atoms with E-state index in [9.17, 15) is 0 Å². The van der Waals surface area contributed by atoms with Crippen molar-refractivity contribution in [3.8, 4) is 0 Å². The summed E-state index contributed by atoms with van der Waals surface area (Å²) in [6, 6.07) is 6.48. The molecule has 74 valence electrons. The highest BCUT2D eigenvalue weighted by Gasteiger charge is 2.07. The summed E-state index contributed by atoms with van der Waals surface area (Å²) in [6.45, 7) is 2.16. The van der Waals surface area contributed by atoms with Gasteiger partial charge in [0.25, 0.3) is 0 Å². The third-order valence-corrected chi connectivity index (χ3v) is 2.53. The Labute approximate surface area is 84.3 Å². The molecule has 0 aromatic heterocycles. The van der Waals surface area contributed by atoms with Crippen LogP contribution in [-0.2, 0) is 13.0 Å². The summed E-state index contributed by atoms with van der Waals surface area (Å²) in [4.78, 5) is 0. The lowest BCUT2D eigenvalue weighted by molar-refractivity contribution is 0.343. The quantitative estimate of drug-likeness (QED) is 0.735. The predicted octanol–water partition coefficient (Wildman–Crippen LogP) is 1.34. The van der Waals surface area contributed by atoms with Crippen LogP contribution < -0.4 is 5.32 Å². The Morgan fingerprint density at radius 2 is 2.29 bits per heavy atom. The molecule has 1 aromatic carbocycles. The Kier molecular flexibility index (Phi) is 2.96. The molecular weight excluding hydrogens is 174 g/mol. The van der Waals surface area contributed by atoms with Gasteiger partial charge in [-0.1, -0.05) is 30.4 Å². The summed E-state index contributed by atoms with van der Waals surface area (Å²) in [5.74, 6) is 0. The molecule has 0 amide bonds. The number of hydrogen-bond acceptors (Lipinski definition) is 2. The van der Waals surface area contributed by atoms with Crippen molar-refractivity contribution in [1.29, 1.82) is 0 Å². The predicted molar refractivity (Wildman–Crippen MR) is 58.0 cm³/mol. The van der Waals surface area contributed by atoms with Gasteiger partial charge in [-0.2, -0.15) is 0 Å². The normalized spacial score (nSPS) is 15.8. The van der Waals surface area contributed by atoms with Gasteiger partial charge in [0, 0.05) is 6.54 Å². The fourth-order valence-electron chi connectivity index (χ4n) is 1.79. The van der Waals surface area contributed by atoms with E-state index in [0.29, 0.717) is 0 Å². The number of aliphatic hydroxyl groups is 1. The molecule has 2 nitrogen and oxygen atoms in total. The third kappa shape index (κ3) is 2.03. The van der Waals surface area contributed by atoms with Gasteiger partial charge in [0.15, 0.2) is 0 Å². The number of aliphatic hydroxyl groups excluding tert-OH is 1. The van der Waals surface area contributed by atoms with E-state index in [2.05, 4.69) is 23.5 Å². The molecule has 0 atom stereocenters. The van der Waals surface area contributed by atoms with E-state index in [1.54, 1.807) is 6.08 Å². The summed E-state index contributed by atoms with van der Waals surface area (Å²) in [5, 5.41) is 12.0. The van der Waals surface area contributed by atoms with Crippen LogP contribution in [-0.4, -0.2) is 18.3 Å². The standard InChI is InChI=1S/C12H15NO/c14-7-1-2-10-3-4-11-5-6-13-9-12(11)8-10/h1-4,8,13-14H,5-7,9H2. The smallest absolute Gasteiger partial charge is 0.0615 e. The SMILES string of the molecule is OCC=Cc1ccc2c(c1)CNCC2. The molecular formula is C12H15NO. The van der Waals surface area contributed by atoms with Crippen LogP contribution in [0.1, 0.15) is 16.7 Å². The Balaban J connectivity index is 2.24. The van der Waals surface area contributed by atoms with E-state index in [1.807, 2.05) is 6.08 Å². The first-order valence-corrected chi connectivity index (χ1v) is 5.00. The lowest BCUT2D eigenvalue weighted by atomic mass is 9.98. The molecule has 14 heavy (non-hydrogen) atoms. The van der Waals surface area contributed by atoms with Crippen molar-refractivity contribution in [1.82, 2.24) is 5.32 Å². The van der Waals surface area contributed by atoms with E-state index in [4.69, 9.17) is 5.11 Å². The van der Waals surface area contributed by atoms with E-state index < -0.39 is 0 Å². The second kappa shape index (κ2) is 4.40. The molecule has 0 radical (unpaired) electrons. The molecule has 0 fully saturated rings. The van der Waals surface area contributed by atoms with Crippen LogP contribution in [0.5, 0.6) is 0 Å². The maximum atomic E-state index is 8.67. The average molecular weight is 189 g/mol. The molecule has 1 heterocycles. The largest absolute Gasteiger partial charge is 0.392 e. The molecule has 0 saturated carbocycles. The topological polar surface area (TPSA) is 32.3 Å². The molecule has 0 saturated heterocycles. The summed E-state index contributed by atoms with van der Waals surface area (Å²) in [7, 11) is 0. The molecule has 0 spiro atoms. The first-order chi connectivity index (χ1) is 6.90. The van der Waals surface area contributed by atoms with Gasteiger partial charge in [0.1, 0.15) is 0 Å². The Bertz CT molecular complexity index is 344. The van der Waals surface area contributed by atoms with Crippen molar-refractivity contribution in [2.75, 3.05) is 13.2 Å². The molecule has 0 unspecified atom stereocenters. The van der Waals surface area contributed by atoms with Gasteiger partial charge < -0.3 is 10.4 Å². The first-order valence-electron chi connectivity index (χ1n) is 5.00. The minimum Gasteiger partial charge on any atom is -0.392 e. The Morgan fingerprint density at radius 1 is 1.36 bits per heavy atom. The highest BCUT2D eigenvalue weighted by Crippen LogP contribution is 2.16. The summed E-state index contributed by atoms with van der Waals surface area (Å²) >= 11 is 0. The van der Waals surface area contributed by atoms with Gasteiger partial charge in [0.05, 0.1) is 6.61 Å². The minimum absolute atomic E-state index is 0.106. The van der Waals surface area contributed by atoms with E-state index >= 15 is 0 Å². The summed E-state index contributed by atoms with van der Waals surface area (Å²) in [5.41, 5.74) is 4.00. The average Bonchev–Trinajstić information content (AvgIpc) is 2.26. The van der Waals surface area contributed by atoms with Gasteiger partial charge in [-0.3, -0.25) is 0 Å². The second-order valence-electron chi connectivity index (χ2n) is 3.54. The molecule has 0 bridgehead atoms. The Hall–Kier alpha value is -1.12. The first kappa shape index (κ1) is 9.44. The van der Waals surface area contributed by atoms with E-state index in [1.165, 1.54) is 16.7 Å². The molecule has 1 aliphatic rings. The van der Waals surface area contributed by atoms with Crippen molar-refractivity contribution in [2.24, 2.45) is 0 Å². The monoisotopic (exact) mass is 189 g/mol. The van der Waals surface area contributed by atoms with Crippen molar-refractivity contribution < 1.29 is 5.11 Å². The van der Waals surface area contributed by atoms with Gasteiger partial charge in [-0.05, 0) is 29.7 Å². The maximum absolute atomic E-state index is 8.67. The number of hydrogen-bond donors (Lipinski definition) is 2. The molecule has 0 aliphatic carbocycles. The highest BCUT2D eigenvalue weighted by molar-refractivity contribution is 5.52. The fraction of sp³-hybridized carbons (Fsp3) is 0.333. The van der Waals surface area contributed by atoms with Crippen LogP contribution in [0.3, 0.4) is 0 Å². The van der Waals surface area contributed by atoms with E-state index in [0.717, 1.165) is 19.5 Å². The van der Waals surface area contributed by atoms with E-state index in [-0.39, 0.29) is 6.61 Å². The third-order valence-electron chi connectivity index (χ3n) is 2.53. The van der Waals surface area contributed by atoms with Crippen LogP contribution in [0, 0.1) is 0 Å². The molecule has 1 aliphatic heterocycles.